The number of nitrogens with two attached hydrogens (primary N) is 1. The zero-order valence-electron chi connectivity index (χ0n) is 12.2. The zero-order chi connectivity index (χ0) is 14.5. The maximum absolute atomic E-state index is 12.1. The maximum atomic E-state index is 12.1. The van der Waals surface area contributed by atoms with E-state index in [0.29, 0.717) is 23.7 Å². The number of anilines is 1. The molecule has 2 rings (SSSR count). The average Bonchev–Trinajstić information content (AvgIpc) is 2.47. The summed E-state index contributed by atoms with van der Waals surface area (Å²) in [4.78, 5) is 16.2. The minimum absolute atomic E-state index is 0. The third kappa shape index (κ3) is 4.55. The van der Waals surface area contributed by atoms with Gasteiger partial charge in [0.1, 0.15) is 0 Å². The molecule has 4 nitrogen and oxygen atoms in total. The van der Waals surface area contributed by atoms with Crippen molar-refractivity contribution >= 4 is 24.0 Å². The molecular formula is C16H20ClN3O. The largest absolute Gasteiger partial charge is 0.325 e. The van der Waals surface area contributed by atoms with Crippen LogP contribution >= 0.6 is 12.4 Å². The molecule has 0 spiro atoms. The van der Waals surface area contributed by atoms with Crippen molar-refractivity contribution in [3.05, 3.63) is 59.4 Å². The molecular weight excluding hydrogens is 286 g/mol. The van der Waals surface area contributed by atoms with Crippen molar-refractivity contribution in [2.45, 2.75) is 26.3 Å². The Morgan fingerprint density at radius 1 is 1.24 bits per heavy atom. The number of benzene rings is 1. The predicted octanol–water partition coefficient (Wildman–Crippen LogP) is 3.34. The first-order valence-electron chi connectivity index (χ1n) is 6.66. The van der Waals surface area contributed by atoms with Gasteiger partial charge in [-0.25, -0.2) is 0 Å². The van der Waals surface area contributed by atoms with E-state index in [1.54, 1.807) is 18.3 Å². The van der Waals surface area contributed by atoms with Crippen molar-refractivity contribution in [1.82, 2.24) is 4.98 Å². The van der Waals surface area contributed by atoms with E-state index < -0.39 is 0 Å². The molecule has 0 atom stereocenters. The van der Waals surface area contributed by atoms with Crippen molar-refractivity contribution in [3.63, 3.8) is 0 Å². The molecule has 5 heteroatoms. The Hall–Kier alpha value is -1.91. The standard InChI is InChI=1S/C16H19N3O.ClH/c1-11(2)12-3-5-14(6-4-12)19-16(20)13-7-8-18-15(9-13)10-17;/h3-9,11H,10,17H2,1-2H3,(H,19,20);1H. The Kier molecular flexibility index (Phi) is 6.34. The lowest BCUT2D eigenvalue weighted by molar-refractivity contribution is 0.102. The van der Waals surface area contributed by atoms with Crippen molar-refractivity contribution < 1.29 is 4.79 Å². The summed E-state index contributed by atoms with van der Waals surface area (Å²) in [5.41, 5.74) is 8.82. The fraction of sp³-hybridized carbons (Fsp3) is 0.250. The van der Waals surface area contributed by atoms with E-state index >= 15 is 0 Å². The van der Waals surface area contributed by atoms with E-state index in [2.05, 4.69) is 24.1 Å². The molecule has 21 heavy (non-hydrogen) atoms. The van der Waals surface area contributed by atoms with Gasteiger partial charge in [0.05, 0.1) is 5.69 Å². The summed E-state index contributed by atoms with van der Waals surface area (Å²) >= 11 is 0. The third-order valence-corrected chi connectivity index (χ3v) is 3.12. The number of hydrogen-bond donors (Lipinski definition) is 2. The van der Waals surface area contributed by atoms with Gasteiger partial charge in [-0.2, -0.15) is 0 Å². The van der Waals surface area contributed by atoms with Crippen LogP contribution in [0.25, 0.3) is 0 Å². The minimum atomic E-state index is -0.153. The van der Waals surface area contributed by atoms with Gasteiger partial charge in [0, 0.05) is 24.0 Å². The van der Waals surface area contributed by atoms with Gasteiger partial charge in [0.25, 0.3) is 5.91 Å². The highest BCUT2D eigenvalue weighted by molar-refractivity contribution is 6.04. The molecule has 0 saturated heterocycles. The van der Waals surface area contributed by atoms with Gasteiger partial charge in [-0.05, 0) is 35.7 Å². The molecule has 1 aromatic heterocycles. The Morgan fingerprint density at radius 3 is 2.48 bits per heavy atom. The van der Waals surface area contributed by atoms with Crippen LogP contribution in [-0.2, 0) is 6.54 Å². The Bertz CT molecular complexity index is 597. The summed E-state index contributed by atoms with van der Waals surface area (Å²) in [5, 5.41) is 2.87. The molecule has 3 N–H and O–H groups in total. The van der Waals surface area contributed by atoms with E-state index in [9.17, 15) is 4.79 Å². The summed E-state index contributed by atoms with van der Waals surface area (Å²) in [5.74, 6) is 0.325. The van der Waals surface area contributed by atoms with Gasteiger partial charge in [-0.1, -0.05) is 26.0 Å². The summed E-state index contributed by atoms with van der Waals surface area (Å²) in [7, 11) is 0. The topological polar surface area (TPSA) is 68.0 Å². The molecule has 1 heterocycles. The van der Waals surface area contributed by atoms with Gasteiger partial charge in [0.2, 0.25) is 0 Å². The highest BCUT2D eigenvalue weighted by Gasteiger charge is 2.07. The van der Waals surface area contributed by atoms with E-state index in [4.69, 9.17) is 5.73 Å². The molecule has 0 fully saturated rings. The molecule has 112 valence electrons. The first-order valence-corrected chi connectivity index (χ1v) is 6.66. The van der Waals surface area contributed by atoms with Crippen LogP contribution < -0.4 is 11.1 Å². The molecule has 0 aliphatic rings. The zero-order valence-corrected chi connectivity index (χ0v) is 13.0. The number of nitrogens with zero attached hydrogens (tertiary/aromatic N) is 1. The highest BCUT2D eigenvalue weighted by Crippen LogP contribution is 2.17. The van der Waals surface area contributed by atoms with Crippen LogP contribution in [0.4, 0.5) is 5.69 Å². The third-order valence-electron chi connectivity index (χ3n) is 3.12. The Balaban J connectivity index is 0.00000220. The number of carbonyl (C=O) groups is 1. The van der Waals surface area contributed by atoms with E-state index in [0.717, 1.165) is 5.69 Å². The van der Waals surface area contributed by atoms with Crippen molar-refractivity contribution in [1.29, 1.82) is 0 Å². The van der Waals surface area contributed by atoms with Crippen LogP contribution in [0.5, 0.6) is 0 Å². The van der Waals surface area contributed by atoms with Crippen molar-refractivity contribution in [3.8, 4) is 0 Å². The second-order valence-corrected chi connectivity index (χ2v) is 4.97. The molecule has 1 amide bonds. The number of carbonyl (C=O) groups excluding carboxylic acids is 1. The van der Waals surface area contributed by atoms with Gasteiger partial charge in [-0.3, -0.25) is 9.78 Å². The molecule has 1 aromatic carbocycles. The molecule has 0 saturated carbocycles. The fourth-order valence-corrected chi connectivity index (χ4v) is 1.89. The molecule has 0 aliphatic carbocycles. The number of hydrogen-bond acceptors (Lipinski definition) is 3. The lowest BCUT2D eigenvalue weighted by atomic mass is 10.0. The van der Waals surface area contributed by atoms with Crippen LogP contribution in [0.1, 0.15) is 41.4 Å². The number of amides is 1. The number of rotatable bonds is 4. The lowest BCUT2D eigenvalue weighted by Crippen LogP contribution is -2.13. The van der Waals surface area contributed by atoms with Gasteiger partial charge in [-0.15, -0.1) is 12.4 Å². The normalized spacial score (nSPS) is 10.1. The number of halogens is 1. The molecule has 0 radical (unpaired) electrons. The lowest BCUT2D eigenvalue weighted by Gasteiger charge is -2.09. The van der Waals surface area contributed by atoms with Crippen LogP contribution in [0.2, 0.25) is 0 Å². The first-order chi connectivity index (χ1) is 9.60. The molecule has 2 aromatic rings. The van der Waals surface area contributed by atoms with E-state index in [1.807, 2.05) is 24.3 Å². The second kappa shape index (κ2) is 7.76. The molecule has 0 bridgehead atoms. The van der Waals surface area contributed by atoms with E-state index in [1.165, 1.54) is 5.56 Å². The maximum Gasteiger partial charge on any atom is 0.255 e. The van der Waals surface area contributed by atoms with Crippen LogP contribution in [0, 0.1) is 0 Å². The van der Waals surface area contributed by atoms with Crippen LogP contribution in [0.15, 0.2) is 42.6 Å². The average molecular weight is 306 g/mol. The van der Waals surface area contributed by atoms with Crippen molar-refractivity contribution in [2.24, 2.45) is 5.73 Å². The summed E-state index contributed by atoms with van der Waals surface area (Å²) in [6.45, 7) is 4.60. The molecule has 0 aliphatic heterocycles. The number of pyridine rings is 1. The Morgan fingerprint density at radius 2 is 1.90 bits per heavy atom. The number of nitrogens with one attached hydrogen (secondary N) is 1. The highest BCUT2D eigenvalue weighted by atomic mass is 35.5. The summed E-state index contributed by atoms with van der Waals surface area (Å²) in [6.07, 6.45) is 1.60. The van der Waals surface area contributed by atoms with Crippen LogP contribution in [-0.4, -0.2) is 10.9 Å². The number of aromatic nitrogens is 1. The van der Waals surface area contributed by atoms with Gasteiger partial charge < -0.3 is 11.1 Å². The summed E-state index contributed by atoms with van der Waals surface area (Å²) in [6, 6.07) is 11.3. The fourth-order valence-electron chi connectivity index (χ4n) is 1.89. The quantitative estimate of drug-likeness (QED) is 0.910. The van der Waals surface area contributed by atoms with E-state index in [-0.39, 0.29) is 18.3 Å². The monoisotopic (exact) mass is 305 g/mol. The Labute approximate surface area is 131 Å². The van der Waals surface area contributed by atoms with Gasteiger partial charge in [0.15, 0.2) is 0 Å². The first kappa shape index (κ1) is 17.1. The second-order valence-electron chi connectivity index (χ2n) is 4.97. The van der Waals surface area contributed by atoms with Crippen molar-refractivity contribution in [2.75, 3.05) is 5.32 Å². The smallest absolute Gasteiger partial charge is 0.255 e. The van der Waals surface area contributed by atoms with Crippen LogP contribution in [0.3, 0.4) is 0 Å². The van der Waals surface area contributed by atoms with Gasteiger partial charge >= 0.3 is 0 Å². The SMILES string of the molecule is CC(C)c1ccc(NC(=O)c2ccnc(CN)c2)cc1.Cl. The predicted molar refractivity (Wildman–Crippen MR) is 87.9 cm³/mol. The summed E-state index contributed by atoms with van der Waals surface area (Å²) < 4.78 is 0. The molecule has 0 unspecified atom stereocenters. The minimum Gasteiger partial charge on any atom is -0.325 e.